The minimum atomic E-state index is 0.573. The highest BCUT2D eigenvalue weighted by atomic mass is 79.9. The maximum atomic E-state index is 8.84. The molecule has 0 spiro atoms. The second-order valence-corrected chi connectivity index (χ2v) is 4.76. The van der Waals surface area contributed by atoms with E-state index in [1.54, 1.807) is 25.4 Å². The summed E-state index contributed by atoms with van der Waals surface area (Å²) >= 11 is 3.35. The molecule has 1 heterocycles. The largest absolute Gasteiger partial charge is 0.495 e. The summed E-state index contributed by atoms with van der Waals surface area (Å²) in [5.41, 5.74) is 2.34. The predicted octanol–water partition coefficient (Wildman–Crippen LogP) is 3.34. The molecule has 2 aromatic rings. The molecule has 1 N–H and O–H groups in total. The normalized spacial score (nSPS) is 9.74. The van der Waals surface area contributed by atoms with E-state index in [0.29, 0.717) is 17.9 Å². The molecule has 4 nitrogen and oxygen atoms in total. The molecular weight excluding hydrogens is 306 g/mol. The van der Waals surface area contributed by atoms with E-state index in [4.69, 9.17) is 10.00 Å². The summed E-state index contributed by atoms with van der Waals surface area (Å²) in [6.45, 7) is 0.593. The van der Waals surface area contributed by atoms with E-state index in [1.165, 1.54) is 0 Å². The third kappa shape index (κ3) is 3.46. The van der Waals surface area contributed by atoms with Gasteiger partial charge in [0.15, 0.2) is 0 Å². The van der Waals surface area contributed by atoms with Crippen LogP contribution in [0, 0.1) is 11.3 Å². The van der Waals surface area contributed by atoms with Gasteiger partial charge in [-0.3, -0.25) is 4.98 Å². The van der Waals surface area contributed by atoms with Gasteiger partial charge in [0.05, 0.1) is 36.7 Å². The van der Waals surface area contributed by atoms with Crippen LogP contribution < -0.4 is 10.1 Å². The summed E-state index contributed by atoms with van der Waals surface area (Å²) in [7, 11) is 1.58. The minimum absolute atomic E-state index is 0.573. The van der Waals surface area contributed by atoms with Crippen molar-refractivity contribution >= 4 is 21.6 Å². The van der Waals surface area contributed by atoms with Gasteiger partial charge < -0.3 is 10.1 Å². The molecule has 0 bridgehead atoms. The Bertz CT molecular complexity index is 605. The van der Waals surface area contributed by atoms with Gasteiger partial charge in [0, 0.05) is 16.7 Å². The summed E-state index contributed by atoms with van der Waals surface area (Å²) in [6.07, 6.45) is 1.76. The zero-order valence-corrected chi connectivity index (χ0v) is 11.9. The van der Waals surface area contributed by atoms with Crippen LogP contribution in [0.15, 0.2) is 41.0 Å². The summed E-state index contributed by atoms with van der Waals surface area (Å²) in [5, 5.41) is 12.1. The zero-order valence-electron chi connectivity index (χ0n) is 10.4. The second-order valence-electron chi connectivity index (χ2n) is 3.85. The number of nitriles is 1. The lowest BCUT2D eigenvalue weighted by molar-refractivity contribution is 0.416. The maximum Gasteiger partial charge on any atom is 0.143 e. The van der Waals surface area contributed by atoms with Crippen LogP contribution in [0.25, 0.3) is 0 Å². The van der Waals surface area contributed by atoms with Gasteiger partial charge in [0.25, 0.3) is 0 Å². The summed E-state index contributed by atoms with van der Waals surface area (Å²) in [6, 6.07) is 11.3. The van der Waals surface area contributed by atoms with Crippen molar-refractivity contribution in [2.75, 3.05) is 12.4 Å². The number of nitrogens with zero attached hydrogens (tertiary/aromatic N) is 2. The summed E-state index contributed by atoms with van der Waals surface area (Å²) in [4.78, 5) is 4.28. The smallest absolute Gasteiger partial charge is 0.143 e. The molecule has 0 aliphatic heterocycles. The Kier molecular flexibility index (Phi) is 4.37. The molecule has 0 saturated carbocycles. The van der Waals surface area contributed by atoms with E-state index in [1.807, 2.05) is 18.2 Å². The fourth-order valence-corrected chi connectivity index (χ4v) is 1.84. The number of hydrogen-bond acceptors (Lipinski definition) is 4. The Balaban J connectivity index is 2.11. The Morgan fingerprint density at radius 3 is 2.84 bits per heavy atom. The highest BCUT2D eigenvalue weighted by molar-refractivity contribution is 9.10. The standard InChI is InChI=1S/C14H12BrN3O/c1-19-14-6-10(7-16)2-5-13(14)18-9-12-4-3-11(15)8-17-12/h2-6,8,18H,9H2,1H3. The fraction of sp³-hybridized carbons (Fsp3) is 0.143. The number of methoxy groups -OCH3 is 1. The third-order valence-corrected chi connectivity index (χ3v) is 3.05. The van der Waals surface area contributed by atoms with Crippen LogP contribution in [0.3, 0.4) is 0 Å². The van der Waals surface area contributed by atoms with Crippen molar-refractivity contribution in [3.8, 4) is 11.8 Å². The molecule has 0 radical (unpaired) electrons. The average Bonchev–Trinajstić information content (AvgIpc) is 2.46. The topological polar surface area (TPSA) is 57.9 Å². The van der Waals surface area contributed by atoms with Crippen molar-refractivity contribution in [2.45, 2.75) is 6.54 Å². The van der Waals surface area contributed by atoms with Crippen LogP contribution in [0.2, 0.25) is 0 Å². The van der Waals surface area contributed by atoms with Gasteiger partial charge in [0.1, 0.15) is 5.75 Å². The second kappa shape index (κ2) is 6.21. The van der Waals surface area contributed by atoms with Crippen molar-refractivity contribution in [2.24, 2.45) is 0 Å². The van der Waals surface area contributed by atoms with E-state index in [-0.39, 0.29) is 0 Å². The van der Waals surface area contributed by atoms with Gasteiger partial charge in [-0.1, -0.05) is 0 Å². The minimum Gasteiger partial charge on any atom is -0.495 e. The molecule has 5 heteroatoms. The van der Waals surface area contributed by atoms with Crippen molar-refractivity contribution in [1.82, 2.24) is 4.98 Å². The van der Waals surface area contributed by atoms with Crippen LogP contribution in [0.1, 0.15) is 11.3 Å². The number of benzene rings is 1. The van der Waals surface area contributed by atoms with Crippen molar-refractivity contribution < 1.29 is 4.74 Å². The first kappa shape index (κ1) is 13.4. The number of aromatic nitrogens is 1. The molecule has 0 atom stereocenters. The predicted molar refractivity (Wildman–Crippen MR) is 77.0 cm³/mol. The first-order chi connectivity index (χ1) is 9.22. The van der Waals surface area contributed by atoms with Crippen LogP contribution in [0.4, 0.5) is 5.69 Å². The van der Waals surface area contributed by atoms with E-state index in [0.717, 1.165) is 15.9 Å². The van der Waals surface area contributed by atoms with Crippen LogP contribution in [0.5, 0.6) is 5.75 Å². The number of halogens is 1. The lowest BCUT2D eigenvalue weighted by atomic mass is 10.2. The SMILES string of the molecule is COc1cc(C#N)ccc1NCc1ccc(Br)cn1. The van der Waals surface area contributed by atoms with E-state index in [9.17, 15) is 0 Å². The highest BCUT2D eigenvalue weighted by Gasteiger charge is 2.04. The Morgan fingerprint density at radius 1 is 1.37 bits per heavy atom. The Morgan fingerprint density at radius 2 is 2.21 bits per heavy atom. The van der Waals surface area contributed by atoms with Crippen LogP contribution in [-0.4, -0.2) is 12.1 Å². The first-order valence-corrected chi connectivity index (χ1v) is 6.44. The van der Waals surface area contributed by atoms with Crippen LogP contribution in [-0.2, 0) is 6.54 Å². The fourth-order valence-electron chi connectivity index (χ4n) is 1.60. The molecule has 2 rings (SSSR count). The first-order valence-electron chi connectivity index (χ1n) is 5.65. The molecule has 1 aromatic carbocycles. The third-order valence-electron chi connectivity index (χ3n) is 2.58. The quantitative estimate of drug-likeness (QED) is 0.939. The Hall–Kier alpha value is -2.06. The lowest BCUT2D eigenvalue weighted by Gasteiger charge is -2.11. The van der Waals surface area contributed by atoms with Crippen LogP contribution >= 0.6 is 15.9 Å². The summed E-state index contributed by atoms with van der Waals surface area (Å²) in [5.74, 6) is 0.649. The number of pyridine rings is 1. The van der Waals surface area contributed by atoms with Crippen molar-refractivity contribution in [3.63, 3.8) is 0 Å². The summed E-state index contributed by atoms with van der Waals surface area (Å²) < 4.78 is 6.20. The van der Waals surface area contributed by atoms with Gasteiger partial charge in [0.2, 0.25) is 0 Å². The number of nitrogens with one attached hydrogen (secondary N) is 1. The Labute approximate surface area is 120 Å². The lowest BCUT2D eigenvalue weighted by Crippen LogP contribution is -2.03. The van der Waals surface area contributed by atoms with E-state index >= 15 is 0 Å². The van der Waals surface area contributed by atoms with Gasteiger partial charge in [-0.25, -0.2) is 0 Å². The van der Waals surface area contributed by atoms with Gasteiger partial charge in [-0.2, -0.15) is 5.26 Å². The molecular formula is C14H12BrN3O. The number of anilines is 1. The van der Waals surface area contributed by atoms with Gasteiger partial charge in [-0.15, -0.1) is 0 Å². The number of hydrogen-bond donors (Lipinski definition) is 1. The van der Waals surface area contributed by atoms with Crippen molar-refractivity contribution in [1.29, 1.82) is 5.26 Å². The molecule has 0 saturated heterocycles. The molecule has 0 aliphatic rings. The maximum absolute atomic E-state index is 8.84. The van der Waals surface area contributed by atoms with E-state index < -0.39 is 0 Å². The van der Waals surface area contributed by atoms with Gasteiger partial charge in [-0.05, 0) is 40.2 Å². The molecule has 0 amide bonds. The monoisotopic (exact) mass is 317 g/mol. The zero-order chi connectivity index (χ0) is 13.7. The molecule has 0 unspecified atom stereocenters. The molecule has 1 aromatic heterocycles. The molecule has 0 fully saturated rings. The molecule has 0 aliphatic carbocycles. The van der Waals surface area contributed by atoms with Crippen molar-refractivity contribution in [3.05, 3.63) is 52.3 Å². The average molecular weight is 318 g/mol. The molecule has 19 heavy (non-hydrogen) atoms. The van der Waals surface area contributed by atoms with E-state index in [2.05, 4.69) is 32.3 Å². The number of rotatable bonds is 4. The highest BCUT2D eigenvalue weighted by Crippen LogP contribution is 2.25. The van der Waals surface area contributed by atoms with Gasteiger partial charge >= 0.3 is 0 Å². The number of ether oxygens (including phenoxy) is 1. The molecule has 96 valence electrons.